The van der Waals surface area contributed by atoms with Gasteiger partial charge in [0.1, 0.15) is 0 Å². The number of carbonyl (C=O) groups is 2. The minimum atomic E-state index is -0.207. The number of carbonyl (C=O) groups excluding carboxylic acids is 2. The Morgan fingerprint density at radius 1 is 1.06 bits per heavy atom. The number of likely N-dealkylation sites (N-methyl/N-ethyl adjacent to an activating group) is 1. The van der Waals surface area contributed by atoms with E-state index in [0.29, 0.717) is 10.7 Å². The summed E-state index contributed by atoms with van der Waals surface area (Å²) in [6.07, 6.45) is 0. The van der Waals surface area contributed by atoms with Crippen molar-refractivity contribution in [2.24, 2.45) is 0 Å². The summed E-state index contributed by atoms with van der Waals surface area (Å²) in [6.45, 7) is 0.517. The first kappa shape index (κ1) is 11.1. The van der Waals surface area contributed by atoms with E-state index in [1.54, 1.807) is 36.2 Å². The topological polar surface area (TPSA) is 40.6 Å². The molecule has 1 fully saturated rings. The first-order valence-electron chi connectivity index (χ1n) is 4.88. The third kappa shape index (κ3) is 2.08. The van der Waals surface area contributed by atoms with Gasteiger partial charge in [-0.2, -0.15) is 0 Å². The Kier molecular flexibility index (Phi) is 2.94. The molecule has 1 saturated heterocycles. The summed E-state index contributed by atoms with van der Waals surface area (Å²) in [5, 5.41) is 0.581. The van der Waals surface area contributed by atoms with E-state index >= 15 is 0 Å². The third-order valence-electron chi connectivity index (χ3n) is 2.39. The van der Waals surface area contributed by atoms with Crippen molar-refractivity contribution < 1.29 is 9.59 Å². The molecule has 0 bridgehead atoms. The van der Waals surface area contributed by atoms with Gasteiger partial charge in [0.15, 0.2) is 0 Å². The highest BCUT2D eigenvalue weighted by molar-refractivity contribution is 6.30. The van der Waals surface area contributed by atoms with Crippen molar-refractivity contribution >= 4 is 29.1 Å². The Bertz CT molecular complexity index is 412. The van der Waals surface area contributed by atoms with Crippen LogP contribution in [0.2, 0.25) is 5.02 Å². The Morgan fingerprint density at radius 3 is 2.06 bits per heavy atom. The van der Waals surface area contributed by atoms with Crippen LogP contribution in [0.15, 0.2) is 24.3 Å². The number of piperazine rings is 1. The Hall–Kier alpha value is -1.39. The highest BCUT2D eigenvalue weighted by atomic mass is 35.5. The molecule has 2 rings (SSSR count). The molecule has 1 aromatic carbocycles. The van der Waals surface area contributed by atoms with Crippen LogP contribution in [0, 0.1) is 0 Å². The van der Waals surface area contributed by atoms with Crippen LogP contribution in [-0.4, -0.2) is 36.9 Å². The lowest BCUT2D eigenvalue weighted by molar-refractivity contribution is -0.131. The van der Waals surface area contributed by atoms with E-state index in [1.165, 1.54) is 4.90 Å². The minimum Gasteiger partial charge on any atom is -0.289 e. The molecule has 1 aliphatic rings. The standard InChI is InChI=1S/C11H11ClN2O2/c1-13-6-10(15)14(11(16)7-13)9-4-2-8(12)3-5-9/h2-5H,6-7H2,1H3. The van der Waals surface area contributed by atoms with Crippen molar-refractivity contribution in [3.05, 3.63) is 29.3 Å². The largest absolute Gasteiger partial charge is 0.289 e. The molecule has 0 unspecified atom stereocenters. The molecule has 5 heteroatoms. The number of benzene rings is 1. The fourth-order valence-electron chi connectivity index (χ4n) is 1.68. The molecule has 84 valence electrons. The second kappa shape index (κ2) is 4.23. The zero-order valence-corrected chi connectivity index (χ0v) is 9.57. The maximum Gasteiger partial charge on any atom is 0.247 e. The zero-order chi connectivity index (χ0) is 11.7. The molecular weight excluding hydrogens is 228 g/mol. The number of hydrogen-bond acceptors (Lipinski definition) is 3. The van der Waals surface area contributed by atoms with Crippen LogP contribution in [-0.2, 0) is 9.59 Å². The van der Waals surface area contributed by atoms with Gasteiger partial charge in [0.05, 0.1) is 18.8 Å². The number of imide groups is 1. The smallest absolute Gasteiger partial charge is 0.247 e. The van der Waals surface area contributed by atoms with Crippen LogP contribution < -0.4 is 4.90 Å². The molecule has 1 aliphatic heterocycles. The molecule has 0 aromatic heterocycles. The van der Waals surface area contributed by atoms with E-state index in [9.17, 15) is 9.59 Å². The van der Waals surface area contributed by atoms with Gasteiger partial charge in [-0.25, -0.2) is 4.90 Å². The molecule has 0 N–H and O–H groups in total. The fraction of sp³-hybridized carbons (Fsp3) is 0.273. The molecule has 0 atom stereocenters. The lowest BCUT2D eigenvalue weighted by Gasteiger charge is -2.30. The summed E-state index contributed by atoms with van der Waals surface area (Å²) in [4.78, 5) is 26.4. The average molecular weight is 239 g/mol. The summed E-state index contributed by atoms with van der Waals surface area (Å²) in [6, 6.07) is 6.67. The average Bonchev–Trinajstić information content (AvgIpc) is 2.19. The molecule has 16 heavy (non-hydrogen) atoms. The van der Waals surface area contributed by atoms with Crippen LogP contribution >= 0.6 is 11.6 Å². The predicted octanol–water partition coefficient (Wildman–Crippen LogP) is 1.15. The second-order valence-electron chi connectivity index (χ2n) is 3.77. The fourth-order valence-corrected chi connectivity index (χ4v) is 1.80. The van der Waals surface area contributed by atoms with E-state index in [1.807, 2.05) is 0 Å². The number of nitrogens with zero attached hydrogens (tertiary/aromatic N) is 2. The lowest BCUT2D eigenvalue weighted by Crippen LogP contribution is -2.52. The SMILES string of the molecule is CN1CC(=O)N(c2ccc(Cl)cc2)C(=O)C1. The number of rotatable bonds is 1. The number of halogens is 1. The van der Waals surface area contributed by atoms with Crippen molar-refractivity contribution in [2.45, 2.75) is 0 Å². The van der Waals surface area contributed by atoms with Crippen LogP contribution in [0.3, 0.4) is 0 Å². The lowest BCUT2D eigenvalue weighted by atomic mass is 10.2. The number of amides is 2. The maximum atomic E-state index is 11.7. The van der Waals surface area contributed by atoms with E-state index in [0.717, 1.165) is 0 Å². The minimum absolute atomic E-state index is 0.207. The van der Waals surface area contributed by atoms with Crippen LogP contribution in [0.4, 0.5) is 5.69 Å². The van der Waals surface area contributed by atoms with Gasteiger partial charge in [-0.05, 0) is 31.3 Å². The molecule has 4 nitrogen and oxygen atoms in total. The number of hydrogen-bond donors (Lipinski definition) is 0. The number of anilines is 1. The Labute approximate surface area is 98.4 Å². The van der Waals surface area contributed by atoms with Gasteiger partial charge in [-0.3, -0.25) is 14.5 Å². The van der Waals surface area contributed by atoms with Crippen molar-refractivity contribution in [3.63, 3.8) is 0 Å². The molecule has 0 aliphatic carbocycles. The quantitative estimate of drug-likeness (QED) is 0.689. The van der Waals surface area contributed by atoms with E-state index in [4.69, 9.17) is 11.6 Å². The maximum absolute atomic E-state index is 11.7. The van der Waals surface area contributed by atoms with E-state index < -0.39 is 0 Å². The summed E-state index contributed by atoms with van der Waals surface area (Å²) >= 11 is 5.75. The highest BCUT2D eigenvalue weighted by Crippen LogP contribution is 2.20. The van der Waals surface area contributed by atoms with Gasteiger partial charge in [0, 0.05) is 5.02 Å². The van der Waals surface area contributed by atoms with Gasteiger partial charge in [-0.1, -0.05) is 11.6 Å². The van der Waals surface area contributed by atoms with Crippen LogP contribution in [0.1, 0.15) is 0 Å². The van der Waals surface area contributed by atoms with Crippen LogP contribution in [0.5, 0.6) is 0 Å². The molecule has 0 saturated carbocycles. The van der Waals surface area contributed by atoms with Gasteiger partial charge in [-0.15, -0.1) is 0 Å². The van der Waals surface area contributed by atoms with Gasteiger partial charge < -0.3 is 0 Å². The molecule has 1 heterocycles. The van der Waals surface area contributed by atoms with Crippen molar-refractivity contribution in [2.75, 3.05) is 25.0 Å². The van der Waals surface area contributed by atoms with E-state index in [-0.39, 0.29) is 24.9 Å². The van der Waals surface area contributed by atoms with Gasteiger partial charge >= 0.3 is 0 Å². The van der Waals surface area contributed by atoms with E-state index in [2.05, 4.69) is 0 Å². The van der Waals surface area contributed by atoms with Crippen molar-refractivity contribution in [3.8, 4) is 0 Å². The molecule has 0 radical (unpaired) electrons. The van der Waals surface area contributed by atoms with Gasteiger partial charge in [0.2, 0.25) is 11.8 Å². The Morgan fingerprint density at radius 2 is 1.56 bits per heavy atom. The zero-order valence-electron chi connectivity index (χ0n) is 8.81. The monoisotopic (exact) mass is 238 g/mol. The molecule has 2 amide bonds. The predicted molar refractivity (Wildman–Crippen MR) is 61.4 cm³/mol. The first-order valence-corrected chi connectivity index (χ1v) is 5.25. The summed E-state index contributed by atoms with van der Waals surface area (Å²) in [5.41, 5.74) is 0.576. The Balaban J connectivity index is 2.29. The van der Waals surface area contributed by atoms with Crippen molar-refractivity contribution in [1.29, 1.82) is 0 Å². The summed E-state index contributed by atoms with van der Waals surface area (Å²) in [7, 11) is 1.75. The molecule has 0 spiro atoms. The highest BCUT2D eigenvalue weighted by Gasteiger charge is 2.30. The first-order chi connectivity index (χ1) is 7.58. The molecule has 1 aromatic rings. The van der Waals surface area contributed by atoms with Gasteiger partial charge in [0.25, 0.3) is 0 Å². The second-order valence-corrected chi connectivity index (χ2v) is 4.21. The van der Waals surface area contributed by atoms with Crippen molar-refractivity contribution in [1.82, 2.24) is 4.90 Å². The van der Waals surface area contributed by atoms with Crippen LogP contribution in [0.25, 0.3) is 0 Å². The third-order valence-corrected chi connectivity index (χ3v) is 2.65. The summed E-state index contributed by atoms with van der Waals surface area (Å²) < 4.78 is 0. The molecular formula is C11H11ClN2O2. The summed E-state index contributed by atoms with van der Waals surface area (Å²) in [5.74, 6) is -0.415. The normalized spacial score (nSPS) is 18.0.